The Morgan fingerprint density at radius 1 is 1.64 bits per heavy atom. The molecule has 0 radical (unpaired) electrons. The lowest BCUT2D eigenvalue weighted by atomic mass is 9.79. The fourth-order valence-electron chi connectivity index (χ4n) is 2.07. The van der Waals surface area contributed by atoms with E-state index in [2.05, 4.69) is 6.92 Å². The molecular weight excluding hydrogens is 138 g/mol. The number of rotatable bonds is 2. The molecule has 0 aromatic carbocycles. The van der Waals surface area contributed by atoms with Crippen molar-refractivity contribution in [2.24, 2.45) is 11.7 Å². The van der Waals surface area contributed by atoms with Crippen molar-refractivity contribution in [3.05, 3.63) is 0 Å². The highest BCUT2D eigenvalue weighted by Crippen LogP contribution is 2.33. The third-order valence-corrected chi connectivity index (χ3v) is 2.85. The van der Waals surface area contributed by atoms with E-state index in [4.69, 9.17) is 10.5 Å². The van der Waals surface area contributed by atoms with Gasteiger partial charge in [-0.1, -0.05) is 19.8 Å². The summed E-state index contributed by atoms with van der Waals surface area (Å²) in [5.41, 5.74) is 5.70. The van der Waals surface area contributed by atoms with Crippen LogP contribution in [0.4, 0.5) is 0 Å². The van der Waals surface area contributed by atoms with Crippen LogP contribution in [0.1, 0.15) is 32.6 Å². The van der Waals surface area contributed by atoms with Gasteiger partial charge in [0.2, 0.25) is 0 Å². The SMILES string of the molecule is COC1(CN)CCCC(C)C1. The predicted molar refractivity (Wildman–Crippen MR) is 46.4 cm³/mol. The molecule has 1 aliphatic carbocycles. The van der Waals surface area contributed by atoms with Crippen molar-refractivity contribution in [2.75, 3.05) is 13.7 Å². The minimum absolute atomic E-state index is 0.0116. The molecule has 0 aliphatic heterocycles. The first kappa shape index (κ1) is 9.01. The molecule has 11 heavy (non-hydrogen) atoms. The van der Waals surface area contributed by atoms with Crippen molar-refractivity contribution in [3.8, 4) is 0 Å². The van der Waals surface area contributed by atoms with E-state index >= 15 is 0 Å². The van der Waals surface area contributed by atoms with Crippen molar-refractivity contribution in [1.82, 2.24) is 0 Å². The van der Waals surface area contributed by atoms with Gasteiger partial charge in [0.05, 0.1) is 5.60 Å². The van der Waals surface area contributed by atoms with Crippen LogP contribution < -0.4 is 5.73 Å². The number of methoxy groups -OCH3 is 1. The number of nitrogens with two attached hydrogens (primary N) is 1. The Hall–Kier alpha value is -0.0800. The fraction of sp³-hybridized carbons (Fsp3) is 1.00. The molecule has 0 aromatic rings. The lowest BCUT2D eigenvalue weighted by molar-refractivity contribution is -0.0446. The van der Waals surface area contributed by atoms with E-state index < -0.39 is 0 Å². The monoisotopic (exact) mass is 157 g/mol. The van der Waals surface area contributed by atoms with Crippen LogP contribution in [0.5, 0.6) is 0 Å². The fourth-order valence-corrected chi connectivity index (χ4v) is 2.07. The summed E-state index contributed by atoms with van der Waals surface area (Å²) in [6.45, 7) is 2.95. The molecule has 0 spiro atoms. The highest BCUT2D eigenvalue weighted by molar-refractivity contribution is 4.87. The Kier molecular flexibility index (Phi) is 2.90. The van der Waals surface area contributed by atoms with Gasteiger partial charge in [0, 0.05) is 13.7 Å². The molecule has 1 fully saturated rings. The molecule has 1 aliphatic rings. The van der Waals surface area contributed by atoms with Gasteiger partial charge >= 0.3 is 0 Å². The number of hydrogen-bond acceptors (Lipinski definition) is 2. The molecule has 2 heteroatoms. The zero-order valence-corrected chi connectivity index (χ0v) is 7.60. The second kappa shape index (κ2) is 3.55. The summed E-state index contributed by atoms with van der Waals surface area (Å²) in [7, 11) is 1.78. The first-order valence-corrected chi connectivity index (χ1v) is 4.48. The average molecular weight is 157 g/mol. The summed E-state index contributed by atoms with van der Waals surface area (Å²) in [6, 6.07) is 0. The third-order valence-electron chi connectivity index (χ3n) is 2.85. The van der Waals surface area contributed by atoms with E-state index in [9.17, 15) is 0 Å². The lowest BCUT2D eigenvalue weighted by Gasteiger charge is -2.37. The van der Waals surface area contributed by atoms with E-state index in [1.54, 1.807) is 7.11 Å². The van der Waals surface area contributed by atoms with Crippen LogP contribution in [0, 0.1) is 5.92 Å². The Balaban J connectivity index is 2.52. The average Bonchev–Trinajstić information content (AvgIpc) is 2.04. The van der Waals surface area contributed by atoms with E-state index in [0.717, 1.165) is 18.8 Å². The normalized spacial score (nSPS) is 39.0. The van der Waals surface area contributed by atoms with Crippen molar-refractivity contribution >= 4 is 0 Å². The van der Waals surface area contributed by atoms with Gasteiger partial charge in [-0.2, -0.15) is 0 Å². The molecule has 2 unspecified atom stereocenters. The molecular formula is C9H19NO. The third kappa shape index (κ3) is 1.94. The van der Waals surface area contributed by atoms with Crippen LogP contribution in [-0.4, -0.2) is 19.3 Å². The highest BCUT2D eigenvalue weighted by atomic mass is 16.5. The topological polar surface area (TPSA) is 35.2 Å². The molecule has 2 nitrogen and oxygen atoms in total. The molecule has 2 atom stereocenters. The molecule has 1 rings (SSSR count). The van der Waals surface area contributed by atoms with Gasteiger partial charge < -0.3 is 10.5 Å². The van der Waals surface area contributed by atoms with Crippen molar-refractivity contribution in [1.29, 1.82) is 0 Å². The molecule has 1 saturated carbocycles. The Morgan fingerprint density at radius 2 is 2.36 bits per heavy atom. The molecule has 0 saturated heterocycles. The van der Waals surface area contributed by atoms with E-state index in [0.29, 0.717) is 6.54 Å². The summed E-state index contributed by atoms with van der Waals surface area (Å²) in [5.74, 6) is 0.784. The van der Waals surface area contributed by atoms with E-state index in [1.165, 1.54) is 12.8 Å². The quantitative estimate of drug-likeness (QED) is 0.660. The maximum Gasteiger partial charge on any atom is 0.0802 e. The Morgan fingerprint density at radius 3 is 2.73 bits per heavy atom. The summed E-state index contributed by atoms with van der Waals surface area (Å²) < 4.78 is 5.47. The maximum absolute atomic E-state index is 5.69. The van der Waals surface area contributed by atoms with Gasteiger partial charge in [-0.25, -0.2) is 0 Å². The summed E-state index contributed by atoms with van der Waals surface area (Å²) >= 11 is 0. The minimum Gasteiger partial charge on any atom is -0.377 e. The van der Waals surface area contributed by atoms with Gasteiger partial charge in [0.25, 0.3) is 0 Å². The predicted octanol–water partition coefficient (Wildman–Crippen LogP) is 1.54. The molecule has 66 valence electrons. The highest BCUT2D eigenvalue weighted by Gasteiger charge is 2.33. The van der Waals surface area contributed by atoms with Gasteiger partial charge in [-0.15, -0.1) is 0 Å². The minimum atomic E-state index is 0.0116. The van der Waals surface area contributed by atoms with Crippen LogP contribution in [0.25, 0.3) is 0 Å². The Bertz CT molecular complexity index is 121. The lowest BCUT2D eigenvalue weighted by Crippen LogP contribution is -2.43. The molecule has 0 heterocycles. The zero-order valence-electron chi connectivity index (χ0n) is 7.60. The second-order valence-electron chi connectivity index (χ2n) is 3.79. The van der Waals surface area contributed by atoms with Crippen LogP contribution in [0.15, 0.2) is 0 Å². The maximum atomic E-state index is 5.69. The van der Waals surface area contributed by atoms with E-state index in [-0.39, 0.29) is 5.60 Å². The van der Waals surface area contributed by atoms with Gasteiger partial charge in [-0.3, -0.25) is 0 Å². The van der Waals surface area contributed by atoms with Gasteiger partial charge in [0.1, 0.15) is 0 Å². The van der Waals surface area contributed by atoms with Crippen molar-refractivity contribution < 1.29 is 4.74 Å². The molecule has 2 N–H and O–H groups in total. The molecule has 0 aromatic heterocycles. The smallest absolute Gasteiger partial charge is 0.0802 e. The first-order chi connectivity index (χ1) is 5.22. The van der Waals surface area contributed by atoms with Crippen LogP contribution in [0.2, 0.25) is 0 Å². The van der Waals surface area contributed by atoms with E-state index in [1.807, 2.05) is 0 Å². The van der Waals surface area contributed by atoms with Crippen molar-refractivity contribution in [3.63, 3.8) is 0 Å². The van der Waals surface area contributed by atoms with Crippen LogP contribution in [0.3, 0.4) is 0 Å². The van der Waals surface area contributed by atoms with Crippen LogP contribution in [-0.2, 0) is 4.74 Å². The van der Waals surface area contributed by atoms with Crippen LogP contribution >= 0.6 is 0 Å². The van der Waals surface area contributed by atoms with Crippen molar-refractivity contribution in [2.45, 2.75) is 38.2 Å². The summed E-state index contributed by atoms with van der Waals surface area (Å²) in [5, 5.41) is 0. The summed E-state index contributed by atoms with van der Waals surface area (Å²) in [4.78, 5) is 0. The number of ether oxygens (including phenoxy) is 1. The zero-order chi connectivity index (χ0) is 8.32. The van der Waals surface area contributed by atoms with Gasteiger partial charge in [-0.05, 0) is 18.8 Å². The first-order valence-electron chi connectivity index (χ1n) is 4.48. The van der Waals surface area contributed by atoms with Gasteiger partial charge in [0.15, 0.2) is 0 Å². The Labute approximate surface area is 69.1 Å². The summed E-state index contributed by atoms with van der Waals surface area (Å²) in [6.07, 6.45) is 4.89. The standard InChI is InChI=1S/C9H19NO/c1-8-4-3-5-9(6-8,7-10)11-2/h8H,3-7,10H2,1-2H3. The largest absolute Gasteiger partial charge is 0.377 e. The molecule has 0 amide bonds. The second-order valence-corrected chi connectivity index (χ2v) is 3.79. The number of hydrogen-bond donors (Lipinski definition) is 1. The molecule has 0 bridgehead atoms.